The van der Waals surface area contributed by atoms with Gasteiger partial charge < -0.3 is 4.90 Å². The number of hydrogen-bond acceptors (Lipinski definition) is 4. The number of hydrogen-bond donors (Lipinski definition) is 1. The van der Waals surface area contributed by atoms with Crippen molar-refractivity contribution in [2.45, 2.75) is 32.7 Å². The molecule has 0 bridgehead atoms. The molecule has 22 heavy (non-hydrogen) atoms. The number of aromatic amines is 1. The van der Waals surface area contributed by atoms with Gasteiger partial charge in [0.15, 0.2) is 0 Å². The molecule has 3 rings (SSSR count). The monoisotopic (exact) mass is 301 g/mol. The number of aryl methyl sites for hydroxylation is 2. The molecule has 1 aliphatic heterocycles. The number of nitrogens with zero attached hydrogens (tertiary/aromatic N) is 4. The van der Waals surface area contributed by atoms with Crippen molar-refractivity contribution >= 4 is 5.91 Å². The first-order chi connectivity index (χ1) is 10.5. The van der Waals surface area contributed by atoms with Crippen LogP contribution in [0.5, 0.6) is 0 Å². The van der Waals surface area contributed by atoms with Gasteiger partial charge in [-0.3, -0.25) is 14.7 Å². The van der Waals surface area contributed by atoms with Crippen molar-refractivity contribution in [2.24, 2.45) is 0 Å². The topological polar surface area (TPSA) is 83.9 Å². The summed E-state index contributed by atoms with van der Waals surface area (Å²) < 4.78 is 1.23. The molecule has 1 aliphatic rings. The zero-order valence-corrected chi connectivity index (χ0v) is 12.7. The third-order valence-electron chi connectivity index (χ3n) is 4.10. The Morgan fingerprint density at radius 2 is 2.23 bits per heavy atom. The van der Waals surface area contributed by atoms with E-state index in [1.54, 1.807) is 24.1 Å². The van der Waals surface area contributed by atoms with Crippen LogP contribution in [0.1, 0.15) is 29.3 Å². The van der Waals surface area contributed by atoms with Crippen LogP contribution in [0.25, 0.3) is 0 Å². The summed E-state index contributed by atoms with van der Waals surface area (Å²) in [6.07, 6.45) is 2.71. The highest BCUT2D eigenvalue weighted by atomic mass is 16.2. The van der Waals surface area contributed by atoms with E-state index in [-0.39, 0.29) is 23.9 Å². The molecule has 0 spiro atoms. The quantitative estimate of drug-likeness (QED) is 0.900. The molecule has 3 heterocycles. The van der Waals surface area contributed by atoms with Crippen LogP contribution in [0, 0.1) is 13.8 Å². The Morgan fingerprint density at radius 3 is 2.95 bits per heavy atom. The van der Waals surface area contributed by atoms with Gasteiger partial charge in [-0.1, -0.05) is 0 Å². The fourth-order valence-electron chi connectivity index (χ4n) is 2.88. The van der Waals surface area contributed by atoms with Gasteiger partial charge in [0.05, 0.1) is 11.9 Å². The molecule has 1 N–H and O–H groups in total. The second kappa shape index (κ2) is 5.75. The van der Waals surface area contributed by atoms with Gasteiger partial charge in [0.2, 0.25) is 5.91 Å². The summed E-state index contributed by atoms with van der Waals surface area (Å²) in [6, 6.07) is 3.09. The zero-order valence-electron chi connectivity index (χ0n) is 12.7. The van der Waals surface area contributed by atoms with Gasteiger partial charge in [-0.15, -0.1) is 0 Å². The van der Waals surface area contributed by atoms with Gasteiger partial charge in [0.1, 0.15) is 6.54 Å². The number of aromatic nitrogens is 4. The molecule has 7 nitrogen and oxygen atoms in total. The van der Waals surface area contributed by atoms with Crippen LogP contribution >= 0.6 is 0 Å². The van der Waals surface area contributed by atoms with Crippen LogP contribution in [-0.4, -0.2) is 43.9 Å². The summed E-state index contributed by atoms with van der Waals surface area (Å²) in [6.45, 7) is 5.16. The van der Waals surface area contributed by atoms with E-state index in [1.165, 1.54) is 10.7 Å². The maximum Gasteiger partial charge on any atom is 0.267 e. The summed E-state index contributed by atoms with van der Waals surface area (Å²) in [5, 5.41) is 11.2. The predicted octanol–water partition coefficient (Wildman–Crippen LogP) is 0.599. The molecule has 2 aromatic heterocycles. The number of amides is 1. The highest BCUT2D eigenvalue weighted by Crippen LogP contribution is 2.27. The molecule has 0 aromatic carbocycles. The number of rotatable bonds is 3. The molecule has 0 unspecified atom stereocenters. The van der Waals surface area contributed by atoms with Crippen LogP contribution in [0.2, 0.25) is 0 Å². The van der Waals surface area contributed by atoms with Crippen LogP contribution in [0.4, 0.5) is 0 Å². The fourth-order valence-corrected chi connectivity index (χ4v) is 2.88. The minimum Gasteiger partial charge on any atom is -0.340 e. The van der Waals surface area contributed by atoms with Gasteiger partial charge in [0, 0.05) is 30.8 Å². The van der Waals surface area contributed by atoms with E-state index in [0.29, 0.717) is 13.1 Å². The van der Waals surface area contributed by atoms with Crippen LogP contribution < -0.4 is 5.56 Å². The minimum atomic E-state index is -0.251. The summed E-state index contributed by atoms with van der Waals surface area (Å²) in [4.78, 5) is 25.9. The van der Waals surface area contributed by atoms with Crippen molar-refractivity contribution in [3.8, 4) is 0 Å². The lowest BCUT2D eigenvalue weighted by atomic mass is 10.0. The molecular weight excluding hydrogens is 282 g/mol. The predicted molar refractivity (Wildman–Crippen MR) is 80.5 cm³/mol. The maximum atomic E-state index is 12.4. The van der Waals surface area contributed by atoms with E-state index < -0.39 is 0 Å². The molecule has 1 amide bonds. The number of H-pyrrole nitrogens is 1. The minimum absolute atomic E-state index is 0.00477. The van der Waals surface area contributed by atoms with Crippen LogP contribution in [0.15, 0.2) is 23.1 Å². The summed E-state index contributed by atoms with van der Waals surface area (Å²) in [5.41, 5.74) is 2.69. The lowest BCUT2D eigenvalue weighted by Gasteiger charge is -2.17. The van der Waals surface area contributed by atoms with Gasteiger partial charge in [0.25, 0.3) is 5.56 Å². The molecular formula is C15H19N5O2. The molecule has 0 radical (unpaired) electrons. The number of likely N-dealkylation sites (tertiary alicyclic amines) is 1. The normalized spacial score (nSPS) is 17.9. The number of nitrogens with one attached hydrogen (secondary N) is 1. The Labute approximate surface area is 128 Å². The van der Waals surface area contributed by atoms with Gasteiger partial charge in [-0.2, -0.15) is 10.2 Å². The molecule has 1 fully saturated rings. The average molecular weight is 301 g/mol. The van der Waals surface area contributed by atoms with Crippen LogP contribution in [-0.2, 0) is 11.3 Å². The largest absolute Gasteiger partial charge is 0.340 e. The van der Waals surface area contributed by atoms with Crippen molar-refractivity contribution in [1.29, 1.82) is 0 Å². The Morgan fingerprint density at radius 1 is 1.41 bits per heavy atom. The summed E-state index contributed by atoms with van der Waals surface area (Å²) in [7, 11) is 0. The zero-order chi connectivity index (χ0) is 15.7. The first-order valence-electron chi connectivity index (χ1n) is 7.37. The number of carbonyl (C=O) groups excluding carboxylic acids is 1. The molecule has 2 aromatic rings. The molecule has 1 atom stereocenters. The van der Waals surface area contributed by atoms with Crippen molar-refractivity contribution in [3.05, 3.63) is 45.6 Å². The molecule has 7 heteroatoms. The van der Waals surface area contributed by atoms with Gasteiger partial charge in [-0.05, 0) is 31.9 Å². The number of carbonyl (C=O) groups is 1. The third kappa shape index (κ3) is 2.79. The van der Waals surface area contributed by atoms with Crippen molar-refractivity contribution < 1.29 is 4.79 Å². The molecule has 0 aliphatic carbocycles. The third-order valence-corrected chi connectivity index (χ3v) is 4.10. The Bertz CT molecular complexity index is 748. The van der Waals surface area contributed by atoms with E-state index in [9.17, 15) is 9.59 Å². The highest BCUT2D eigenvalue weighted by molar-refractivity contribution is 5.76. The first-order valence-corrected chi connectivity index (χ1v) is 7.37. The van der Waals surface area contributed by atoms with E-state index in [4.69, 9.17) is 0 Å². The second-order valence-corrected chi connectivity index (χ2v) is 5.76. The summed E-state index contributed by atoms with van der Waals surface area (Å²) >= 11 is 0. The second-order valence-electron chi connectivity index (χ2n) is 5.76. The molecule has 116 valence electrons. The smallest absolute Gasteiger partial charge is 0.267 e. The summed E-state index contributed by atoms with van der Waals surface area (Å²) in [5.74, 6) is 0.216. The lowest BCUT2D eigenvalue weighted by molar-refractivity contribution is -0.131. The fraction of sp³-hybridized carbons (Fsp3) is 0.467. The SMILES string of the molecule is Cc1ccc(=O)n(CC(=O)N2CC[C@H](c3[nH]ncc3C)C2)n1. The van der Waals surface area contributed by atoms with E-state index in [0.717, 1.165) is 23.4 Å². The highest BCUT2D eigenvalue weighted by Gasteiger charge is 2.29. The molecule has 0 saturated carbocycles. The maximum absolute atomic E-state index is 12.4. The van der Waals surface area contributed by atoms with Gasteiger partial charge in [-0.25, -0.2) is 4.68 Å². The van der Waals surface area contributed by atoms with E-state index in [2.05, 4.69) is 15.3 Å². The first kappa shape index (κ1) is 14.5. The Balaban J connectivity index is 1.68. The van der Waals surface area contributed by atoms with Crippen molar-refractivity contribution in [1.82, 2.24) is 24.9 Å². The van der Waals surface area contributed by atoms with Crippen molar-refractivity contribution in [3.63, 3.8) is 0 Å². The lowest BCUT2D eigenvalue weighted by Crippen LogP contribution is -2.36. The van der Waals surface area contributed by atoms with E-state index >= 15 is 0 Å². The standard InChI is InChI=1S/C15H19N5O2/c1-10-7-16-17-15(10)12-5-6-19(8-12)14(22)9-20-13(21)4-3-11(2)18-20/h3-4,7,12H,5-6,8-9H2,1-2H3,(H,16,17)/t12-/m0/s1. The van der Waals surface area contributed by atoms with Gasteiger partial charge >= 0.3 is 0 Å². The van der Waals surface area contributed by atoms with Crippen molar-refractivity contribution in [2.75, 3.05) is 13.1 Å². The Kier molecular flexibility index (Phi) is 3.79. The van der Waals surface area contributed by atoms with E-state index in [1.807, 2.05) is 6.92 Å². The van der Waals surface area contributed by atoms with Crippen LogP contribution in [0.3, 0.4) is 0 Å². The Hall–Kier alpha value is -2.44. The molecule has 1 saturated heterocycles. The average Bonchev–Trinajstić information content (AvgIpc) is 3.11.